The summed E-state index contributed by atoms with van der Waals surface area (Å²) in [7, 11) is 2.00. The van der Waals surface area contributed by atoms with Crippen LogP contribution in [0.15, 0.2) is 12.7 Å². The highest BCUT2D eigenvalue weighted by Crippen LogP contribution is 2.32. The van der Waals surface area contributed by atoms with E-state index in [1.54, 1.807) is 0 Å². The van der Waals surface area contributed by atoms with Gasteiger partial charge >= 0.3 is 0 Å². The highest BCUT2D eigenvalue weighted by Gasteiger charge is 2.26. The Balaban J connectivity index is 2.81. The van der Waals surface area contributed by atoms with Crippen molar-refractivity contribution in [2.24, 2.45) is 0 Å². The second-order valence-corrected chi connectivity index (χ2v) is 6.08. The van der Waals surface area contributed by atoms with Crippen LogP contribution in [0.3, 0.4) is 0 Å². The summed E-state index contributed by atoms with van der Waals surface area (Å²) in [4.78, 5) is 1.28. The lowest BCUT2D eigenvalue weighted by molar-refractivity contribution is 0.504. The van der Waals surface area contributed by atoms with E-state index >= 15 is 0 Å². The number of allylic oxidation sites excluding steroid dienone is 1. The summed E-state index contributed by atoms with van der Waals surface area (Å²) in [6.07, 6.45) is 5.30. The topological polar surface area (TPSA) is 37.8 Å². The molecule has 0 saturated carbocycles. The Labute approximate surface area is 108 Å². The molecule has 1 rings (SSSR count). The van der Waals surface area contributed by atoms with E-state index in [0.717, 1.165) is 25.0 Å². The normalized spacial score (nSPS) is 13.6. The van der Waals surface area contributed by atoms with Gasteiger partial charge in [0.1, 0.15) is 0 Å². The minimum atomic E-state index is 0.0653. The fourth-order valence-corrected chi connectivity index (χ4v) is 2.83. The number of rotatable bonds is 6. The number of nitrogens with zero attached hydrogens (tertiary/aromatic N) is 2. The smallest absolute Gasteiger partial charge is 0.0857 e. The summed E-state index contributed by atoms with van der Waals surface area (Å²) in [5, 5.41) is 7.66. The van der Waals surface area contributed by atoms with Crippen LogP contribution in [0.2, 0.25) is 0 Å². The molecule has 1 unspecified atom stereocenters. The van der Waals surface area contributed by atoms with E-state index in [1.807, 2.05) is 13.1 Å². The molecular formula is C13H23N3S. The van der Waals surface area contributed by atoms with Crippen molar-refractivity contribution in [3.63, 3.8) is 0 Å². The zero-order valence-electron chi connectivity index (χ0n) is 11.3. The molecule has 1 N–H and O–H groups in total. The predicted octanol–water partition coefficient (Wildman–Crippen LogP) is 3.45. The van der Waals surface area contributed by atoms with Crippen molar-refractivity contribution < 1.29 is 0 Å². The van der Waals surface area contributed by atoms with Crippen molar-refractivity contribution >= 4 is 11.5 Å². The standard InChI is InChI=1S/C13H23N3S/c1-6-7-8-9-10(14-5)11-12(13(2,3)4)15-16-17-11/h6,10,14H,1,7-9H2,2-5H3. The molecule has 0 bridgehead atoms. The molecule has 1 heterocycles. The quantitative estimate of drug-likeness (QED) is 0.623. The Morgan fingerprint density at radius 2 is 2.18 bits per heavy atom. The molecule has 17 heavy (non-hydrogen) atoms. The summed E-state index contributed by atoms with van der Waals surface area (Å²) in [5.74, 6) is 0. The van der Waals surface area contributed by atoms with Gasteiger partial charge in [0.05, 0.1) is 10.6 Å². The molecule has 0 aliphatic carbocycles. The molecule has 0 radical (unpaired) electrons. The Hall–Kier alpha value is -0.740. The molecule has 1 atom stereocenters. The molecule has 1 aromatic heterocycles. The minimum Gasteiger partial charge on any atom is -0.312 e. The number of hydrogen-bond donors (Lipinski definition) is 1. The Bertz CT molecular complexity index is 352. The van der Waals surface area contributed by atoms with Gasteiger partial charge in [-0.1, -0.05) is 31.3 Å². The summed E-state index contributed by atoms with van der Waals surface area (Å²) in [6.45, 7) is 10.3. The lowest BCUT2D eigenvalue weighted by Crippen LogP contribution is -2.21. The van der Waals surface area contributed by atoms with Crippen LogP contribution in [0.25, 0.3) is 0 Å². The predicted molar refractivity (Wildman–Crippen MR) is 74.5 cm³/mol. The van der Waals surface area contributed by atoms with Gasteiger partial charge in [0.25, 0.3) is 0 Å². The number of hydrogen-bond acceptors (Lipinski definition) is 4. The molecule has 0 spiro atoms. The fourth-order valence-electron chi connectivity index (χ4n) is 1.82. The number of aromatic nitrogens is 2. The molecule has 0 aliphatic heterocycles. The maximum Gasteiger partial charge on any atom is 0.0857 e. The number of unbranched alkanes of at least 4 members (excludes halogenated alkanes) is 1. The first-order valence-electron chi connectivity index (χ1n) is 6.11. The van der Waals surface area contributed by atoms with E-state index in [9.17, 15) is 0 Å². The van der Waals surface area contributed by atoms with Crippen LogP contribution in [0.4, 0.5) is 0 Å². The second-order valence-electron chi connectivity index (χ2n) is 5.30. The molecular weight excluding hydrogens is 230 g/mol. The van der Waals surface area contributed by atoms with Crippen molar-refractivity contribution in [1.82, 2.24) is 14.9 Å². The van der Waals surface area contributed by atoms with Gasteiger partial charge in [0.15, 0.2) is 0 Å². The van der Waals surface area contributed by atoms with Crippen molar-refractivity contribution in [1.29, 1.82) is 0 Å². The molecule has 1 aromatic rings. The summed E-state index contributed by atoms with van der Waals surface area (Å²) in [6, 6.07) is 0.365. The summed E-state index contributed by atoms with van der Waals surface area (Å²) >= 11 is 1.52. The minimum absolute atomic E-state index is 0.0653. The van der Waals surface area contributed by atoms with Crippen LogP contribution < -0.4 is 5.32 Å². The monoisotopic (exact) mass is 253 g/mol. The van der Waals surface area contributed by atoms with Gasteiger partial charge < -0.3 is 5.32 Å². The van der Waals surface area contributed by atoms with E-state index in [4.69, 9.17) is 0 Å². The van der Waals surface area contributed by atoms with Gasteiger partial charge in [-0.15, -0.1) is 11.7 Å². The Kier molecular flexibility index (Phi) is 5.28. The third kappa shape index (κ3) is 3.89. The van der Waals surface area contributed by atoms with Crippen molar-refractivity contribution in [3.05, 3.63) is 23.2 Å². The zero-order valence-corrected chi connectivity index (χ0v) is 12.1. The molecule has 0 saturated heterocycles. The third-order valence-corrected chi connectivity index (χ3v) is 3.63. The highest BCUT2D eigenvalue weighted by atomic mass is 32.1. The van der Waals surface area contributed by atoms with Gasteiger partial charge in [-0.3, -0.25) is 0 Å². The Morgan fingerprint density at radius 1 is 1.47 bits per heavy atom. The lowest BCUT2D eigenvalue weighted by Gasteiger charge is -2.21. The SMILES string of the molecule is C=CCCCC(NC)c1snnc1C(C)(C)C. The van der Waals surface area contributed by atoms with Crippen LogP contribution >= 0.6 is 11.5 Å². The molecule has 3 nitrogen and oxygen atoms in total. The van der Waals surface area contributed by atoms with Crippen LogP contribution in [0, 0.1) is 0 Å². The molecule has 4 heteroatoms. The van der Waals surface area contributed by atoms with E-state index in [-0.39, 0.29) is 5.41 Å². The first-order valence-corrected chi connectivity index (χ1v) is 6.89. The van der Waals surface area contributed by atoms with E-state index in [2.05, 4.69) is 42.3 Å². The largest absolute Gasteiger partial charge is 0.312 e. The molecule has 0 fully saturated rings. The van der Waals surface area contributed by atoms with E-state index in [1.165, 1.54) is 16.4 Å². The highest BCUT2D eigenvalue weighted by molar-refractivity contribution is 7.05. The van der Waals surface area contributed by atoms with Gasteiger partial charge in [0.2, 0.25) is 0 Å². The zero-order chi connectivity index (χ0) is 12.9. The fraction of sp³-hybridized carbons (Fsp3) is 0.692. The average Bonchev–Trinajstić information content (AvgIpc) is 2.73. The maximum absolute atomic E-state index is 4.29. The van der Waals surface area contributed by atoms with E-state index in [0.29, 0.717) is 6.04 Å². The third-order valence-electron chi connectivity index (χ3n) is 2.79. The lowest BCUT2D eigenvalue weighted by atomic mass is 9.89. The second kappa shape index (κ2) is 6.26. The van der Waals surface area contributed by atoms with Gasteiger partial charge in [-0.2, -0.15) is 0 Å². The van der Waals surface area contributed by atoms with Crippen molar-refractivity contribution in [3.8, 4) is 0 Å². The first kappa shape index (κ1) is 14.3. The van der Waals surface area contributed by atoms with Crippen LogP contribution in [-0.2, 0) is 5.41 Å². The first-order chi connectivity index (χ1) is 8.00. The van der Waals surface area contributed by atoms with Gasteiger partial charge in [-0.25, -0.2) is 0 Å². The number of nitrogens with one attached hydrogen (secondary N) is 1. The average molecular weight is 253 g/mol. The van der Waals surface area contributed by atoms with Gasteiger partial charge in [-0.05, 0) is 37.8 Å². The van der Waals surface area contributed by atoms with Crippen LogP contribution in [0.1, 0.15) is 56.6 Å². The molecule has 0 aromatic carbocycles. The van der Waals surface area contributed by atoms with Crippen LogP contribution in [-0.4, -0.2) is 16.6 Å². The molecule has 0 amide bonds. The van der Waals surface area contributed by atoms with Crippen molar-refractivity contribution in [2.75, 3.05) is 7.05 Å². The van der Waals surface area contributed by atoms with Crippen molar-refractivity contribution in [2.45, 2.75) is 51.5 Å². The summed E-state index contributed by atoms with van der Waals surface area (Å²) in [5.41, 5.74) is 1.19. The van der Waals surface area contributed by atoms with Crippen LogP contribution in [0.5, 0.6) is 0 Å². The summed E-state index contributed by atoms with van der Waals surface area (Å²) < 4.78 is 4.12. The van der Waals surface area contributed by atoms with E-state index < -0.39 is 0 Å². The molecule has 0 aliphatic rings. The Morgan fingerprint density at radius 3 is 2.71 bits per heavy atom. The van der Waals surface area contributed by atoms with Gasteiger partial charge in [0, 0.05) is 11.5 Å². The maximum atomic E-state index is 4.29. The molecule has 96 valence electrons.